The molecule has 15 nitrogen and oxygen atoms in total. The number of nitriles is 1. The molecule has 1 unspecified atom stereocenters. The molecule has 4 amide bonds. The van der Waals surface area contributed by atoms with Gasteiger partial charge in [0.15, 0.2) is 11.4 Å². The highest BCUT2D eigenvalue weighted by Gasteiger charge is 2.44. The normalized spacial score (nSPS) is 18.3. The minimum absolute atomic E-state index is 0.0432. The van der Waals surface area contributed by atoms with Crippen molar-refractivity contribution in [2.45, 2.75) is 43.9 Å². The lowest BCUT2D eigenvalue weighted by Gasteiger charge is -2.35. The number of aryl methyl sites for hydroxylation is 1. The van der Waals surface area contributed by atoms with Gasteiger partial charge in [-0.2, -0.15) is 5.26 Å². The number of hydrogen-bond donors (Lipinski definition) is 1. The van der Waals surface area contributed by atoms with E-state index in [2.05, 4.69) is 68.0 Å². The molecule has 3 aliphatic rings. The van der Waals surface area contributed by atoms with Crippen molar-refractivity contribution in [2.24, 2.45) is 7.05 Å². The second kappa shape index (κ2) is 16.0. The van der Waals surface area contributed by atoms with E-state index in [0.29, 0.717) is 35.9 Å². The smallest absolute Gasteiger partial charge is 0.262 e. The number of benzene rings is 2. The predicted molar refractivity (Wildman–Crippen MR) is 215 cm³/mol. The zero-order chi connectivity index (χ0) is 41.3. The van der Waals surface area contributed by atoms with E-state index >= 15 is 0 Å². The van der Waals surface area contributed by atoms with Gasteiger partial charge in [0, 0.05) is 72.8 Å². The molecule has 1 aliphatic carbocycles. The average molecular weight is 802 g/mol. The fourth-order valence-corrected chi connectivity index (χ4v) is 7.61. The number of ether oxygens (including phenoxy) is 4. The van der Waals surface area contributed by atoms with Crippen LogP contribution in [0.1, 0.15) is 57.8 Å². The number of hydrogen-bond acceptors (Lipinski definition) is 12. The molecule has 9 rings (SSSR count). The van der Waals surface area contributed by atoms with Gasteiger partial charge in [-0.15, -0.1) is 0 Å². The van der Waals surface area contributed by atoms with Gasteiger partial charge in [0.2, 0.25) is 17.7 Å². The summed E-state index contributed by atoms with van der Waals surface area (Å²) in [4.78, 5) is 63.8. The van der Waals surface area contributed by atoms with Crippen LogP contribution in [0.5, 0.6) is 17.4 Å². The molecule has 6 heterocycles. The van der Waals surface area contributed by atoms with Crippen LogP contribution in [0.2, 0.25) is 0 Å². The van der Waals surface area contributed by atoms with E-state index in [9.17, 15) is 24.4 Å². The van der Waals surface area contributed by atoms with Crippen LogP contribution in [0.25, 0.3) is 32.9 Å². The van der Waals surface area contributed by atoms with Gasteiger partial charge >= 0.3 is 0 Å². The van der Waals surface area contributed by atoms with Crippen LogP contribution in [0.3, 0.4) is 0 Å². The van der Waals surface area contributed by atoms with Gasteiger partial charge in [0.1, 0.15) is 49.0 Å². The average Bonchev–Trinajstić information content (AvgIpc) is 3.67. The molecule has 15 heteroatoms. The largest absolute Gasteiger partial charge is 0.491 e. The fraction of sp³-hybridized carbons (Fsp3) is 0.244. The summed E-state index contributed by atoms with van der Waals surface area (Å²) in [6.07, 6.45) is 6.72. The third-order valence-corrected chi connectivity index (χ3v) is 10.8. The summed E-state index contributed by atoms with van der Waals surface area (Å²) in [7, 11) is 2.06. The Morgan fingerprint density at radius 2 is 1.68 bits per heavy atom. The maximum Gasteiger partial charge on any atom is 0.262 e. The lowest BCUT2D eigenvalue weighted by Crippen LogP contribution is -2.54. The number of carbonyl (C=O) groups excluding carboxylic acids is 4. The molecule has 60 heavy (non-hydrogen) atoms. The summed E-state index contributed by atoms with van der Waals surface area (Å²) >= 11 is 0. The van der Waals surface area contributed by atoms with Crippen LogP contribution < -0.4 is 19.5 Å². The summed E-state index contributed by atoms with van der Waals surface area (Å²) in [5.74, 6) is 4.72. The molecule has 298 valence electrons. The van der Waals surface area contributed by atoms with Crippen molar-refractivity contribution >= 4 is 45.4 Å². The van der Waals surface area contributed by atoms with Crippen LogP contribution in [0, 0.1) is 23.2 Å². The fourth-order valence-electron chi connectivity index (χ4n) is 7.61. The minimum atomic E-state index is -1.04. The van der Waals surface area contributed by atoms with E-state index in [-0.39, 0.29) is 61.7 Å². The van der Waals surface area contributed by atoms with Crippen molar-refractivity contribution in [3.8, 4) is 46.4 Å². The van der Waals surface area contributed by atoms with E-state index in [1.54, 1.807) is 24.4 Å². The molecule has 0 bridgehead atoms. The van der Waals surface area contributed by atoms with Crippen molar-refractivity contribution in [1.29, 1.82) is 5.26 Å². The Kier molecular flexibility index (Phi) is 10.1. The van der Waals surface area contributed by atoms with Crippen molar-refractivity contribution in [1.82, 2.24) is 29.7 Å². The molecule has 2 aliphatic heterocycles. The van der Waals surface area contributed by atoms with Crippen LogP contribution >= 0.6 is 0 Å². The Labute approximate surface area is 342 Å². The number of amides is 4. The number of imide groups is 2. The van der Waals surface area contributed by atoms with Gasteiger partial charge in [0.05, 0.1) is 23.3 Å². The molecule has 0 radical (unpaired) electrons. The van der Waals surface area contributed by atoms with E-state index in [1.165, 1.54) is 12.1 Å². The molecule has 6 aromatic rings. The van der Waals surface area contributed by atoms with E-state index in [1.807, 2.05) is 30.6 Å². The summed E-state index contributed by atoms with van der Waals surface area (Å²) in [6.45, 7) is 0.393. The third kappa shape index (κ3) is 7.34. The van der Waals surface area contributed by atoms with Crippen molar-refractivity contribution in [2.75, 3.05) is 19.8 Å². The minimum Gasteiger partial charge on any atom is -0.491 e. The van der Waals surface area contributed by atoms with Gasteiger partial charge < -0.3 is 23.5 Å². The number of nitrogens with one attached hydrogen (secondary N) is 1. The van der Waals surface area contributed by atoms with Crippen molar-refractivity contribution < 1.29 is 38.1 Å². The van der Waals surface area contributed by atoms with E-state index in [0.717, 1.165) is 37.8 Å². The Bertz CT molecular complexity index is 2830. The highest BCUT2D eigenvalue weighted by atomic mass is 16.5. The Morgan fingerprint density at radius 3 is 2.50 bits per heavy atom. The van der Waals surface area contributed by atoms with Gasteiger partial charge in [-0.3, -0.25) is 34.4 Å². The zero-order valence-corrected chi connectivity index (χ0v) is 32.2. The second-order valence-electron chi connectivity index (χ2n) is 14.5. The number of piperidine rings is 1. The monoisotopic (exact) mass is 801 g/mol. The summed E-state index contributed by atoms with van der Waals surface area (Å²) in [6, 6.07) is 21.2. The number of fused-ring (bicyclic) bond motifs is 4. The van der Waals surface area contributed by atoms with Crippen LogP contribution in [-0.4, -0.2) is 86.1 Å². The van der Waals surface area contributed by atoms with E-state index < -0.39 is 29.7 Å². The lowest BCUT2D eigenvalue weighted by atomic mass is 9.92. The molecular weight excluding hydrogens is 767 g/mol. The highest BCUT2D eigenvalue weighted by molar-refractivity contribution is 6.23. The Hall–Kier alpha value is -7.62. The standard InChI is InChI=1S/C45H35N7O8/c1-51-37-14-15-47-25-35(37)32-8-4-26(19-39(32)51)27-5-13-42(48-24-27)60-31-20-30(21-31)59-40-11-6-28(49-36(40)23-46)3-2-16-57-17-18-58-29-7-9-33-34(22-29)45(56)52(44(33)55)38-10-12-41(53)50-43(38)54/h4-9,11,13-15,19,22,24-25,30-31,38H,10,12,16-18,20-21H2,1H3,(H,50,53,54). The Morgan fingerprint density at radius 1 is 0.850 bits per heavy atom. The molecular formula is C45H35N7O8. The van der Waals surface area contributed by atoms with Gasteiger partial charge in [-0.25, -0.2) is 9.97 Å². The third-order valence-electron chi connectivity index (χ3n) is 10.8. The maximum absolute atomic E-state index is 13.0. The van der Waals surface area contributed by atoms with Gasteiger partial charge in [0.25, 0.3) is 11.8 Å². The van der Waals surface area contributed by atoms with E-state index in [4.69, 9.17) is 18.9 Å². The highest BCUT2D eigenvalue weighted by Crippen LogP contribution is 2.34. The van der Waals surface area contributed by atoms with Crippen LogP contribution in [-0.2, 0) is 21.4 Å². The number of pyridine rings is 3. The predicted octanol–water partition coefficient (Wildman–Crippen LogP) is 4.89. The number of aromatic nitrogens is 4. The summed E-state index contributed by atoms with van der Waals surface area (Å²) in [5, 5.41) is 14.2. The lowest BCUT2D eigenvalue weighted by molar-refractivity contribution is -0.136. The van der Waals surface area contributed by atoms with Crippen molar-refractivity contribution in [3.63, 3.8) is 0 Å². The molecule has 1 N–H and O–H groups in total. The maximum atomic E-state index is 13.0. The first-order chi connectivity index (χ1) is 29.2. The molecule has 1 atom stereocenters. The number of carbonyl (C=O) groups is 4. The number of rotatable bonds is 11. The van der Waals surface area contributed by atoms with Crippen LogP contribution in [0.4, 0.5) is 0 Å². The SMILES string of the molecule is Cn1c2ccncc2c2ccc(-c3ccc(OC4CC(Oc5ccc(C#CCOCCOc6ccc7c(c6)C(=O)N(C6CCC(=O)NC6=O)C7=O)nc5C#N)C4)nc3)cc21. The Balaban J connectivity index is 0.710. The van der Waals surface area contributed by atoms with Crippen molar-refractivity contribution in [3.05, 3.63) is 108 Å². The molecule has 2 fully saturated rings. The van der Waals surface area contributed by atoms with Gasteiger partial charge in [-0.05, 0) is 66.4 Å². The summed E-state index contributed by atoms with van der Waals surface area (Å²) in [5.41, 5.74) is 5.12. The first-order valence-electron chi connectivity index (χ1n) is 19.3. The first-order valence-corrected chi connectivity index (χ1v) is 19.3. The quantitative estimate of drug-likeness (QED) is 0.106. The molecule has 1 saturated carbocycles. The molecule has 4 aromatic heterocycles. The molecule has 2 aromatic carbocycles. The topological polar surface area (TPSA) is 188 Å². The second-order valence-corrected chi connectivity index (χ2v) is 14.5. The zero-order valence-electron chi connectivity index (χ0n) is 32.2. The summed E-state index contributed by atoms with van der Waals surface area (Å²) < 4.78 is 25.6. The van der Waals surface area contributed by atoms with Crippen LogP contribution in [0.15, 0.2) is 85.3 Å². The molecule has 1 saturated heterocycles. The first kappa shape index (κ1) is 37.9. The molecule has 0 spiro atoms. The number of nitrogens with zero attached hydrogens (tertiary/aromatic N) is 6. The van der Waals surface area contributed by atoms with Gasteiger partial charge in [-0.1, -0.05) is 18.1 Å².